The highest BCUT2D eigenvalue weighted by atomic mass is 35.5. The standard InChI is InChI=1S/C17H24Cl2N2O2/c1-3-15(23-16-11-12(18)5-6-14(16)19)17(22)20-13-7-9-21(4-2)10-8-13/h5-6,11,13,15H,3-4,7-10H2,1-2H3,(H,20,22)/t15-/m0/s1. The first kappa shape index (κ1) is 18.4. The minimum absolute atomic E-state index is 0.0847. The Kier molecular flexibility index (Phi) is 7.00. The average molecular weight is 359 g/mol. The van der Waals surface area contributed by atoms with Crippen LogP contribution in [-0.2, 0) is 4.79 Å². The van der Waals surface area contributed by atoms with Gasteiger partial charge in [-0.2, -0.15) is 0 Å². The summed E-state index contributed by atoms with van der Waals surface area (Å²) in [6, 6.07) is 5.22. The Morgan fingerprint density at radius 1 is 1.35 bits per heavy atom. The topological polar surface area (TPSA) is 41.6 Å². The number of nitrogens with one attached hydrogen (secondary N) is 1. The Morgan fingerprint density at radius 3 is 2.65 bits per heavy atom. The third-order valence-electron chi connectivity index (χ3n) is 4.21. The van der Waals surface area contributed by atoms with E-state index in [1.165, 1.54) is 0 Å². The van der Waals surface area contributed by atoms with E-state index in [0.717, 1.165) is 32.5 Å². The largest absolute Gasteiger partial charge is 0.479 e. The van der Waals surface area contributed by atoms with E-state index in [1.807, 2.05) is 6.92 Å². The van der Waals surface area contributed by atoms with Gasteiger partial charge >= 0.3 is 0 Å². The van der Waals surface area contributed by atoms with E-state index < -0.39 is 6.10 Å². The Bertz CT molecular complexity index is 531. The fourth-order valence-electron chi connectivity index (χ4n) is 2.73. The second-order valence-electron chi connectivity index (χ2n) is 5.81. The smallest absolute Gasteiger partial charge is 0.261 e. The average Bonchev–Trinajstić information content (AvgIpc) is 2.56. The van der Waals surface area contributed by atoms with Gasteiger partial charge in [0, 0.05) is 30.2 Å². The number of rotatable bonds is 6. The molecule has 1 amide bonds. The maximum atomic E-state index is 12.5. The van der Waals surface area contributed by atoms with Gasteiger partial charge in [-0.05, 0) is 37.9 Å². The van der Waals surface area contributed by atoms with Gasteiger partial charge in [0.25, 0.3) is 5.91 Å². The van der Waals surface area contributed by atoms with E-state index in [1.54, 1.807) is 18.2 Å². The molecule has 0 unspecified atom stereocenters. The van der Waals surface area contributed by atoms with Crippen LogP contribution in [0.1, 0.15) is 33.1 Å². The second-order valence-corrected chi connectivity index (χ2v) is 6.65. The van der Waals surface area contributed by atoms with Crippen LogP contribution in [0.3, 0.4) is 0 Å². The van der Waals surface area contributed by atoms with Crippen LogP contribution in [0.4, 0.5) is 0 Å². The van der Waals surface area contributed by atoms with Crippen molar-refractivity contribution in [2.45, 2.75) is 45.3 Å². The fourth-order valence-corrected chi connectivity index (χ4v) is 3.05. The maximum Gasteiger partial charge on any atom is 0.261 e. The van der Waals surface area contributed by atoms with Crippen LogP contribution in [-0.4, -0.2) is 42.6 Å². The number of carbonyl (C=O) groups excluding carboxylic acids is 1. The van der Waals surface area contributed by atoms with Crippen LogP contribution in [0.15, 0.2) is 18.2 Å². The van der Waals surface area contributed by atoms with E-state index in [9.17, 15) is 4.79 Å². The summed E-state index contributed by atoms with van der Waals surface area (Å²) in [7, 11) is 0. The molecule has 0 spiro atoms. The summed E-state index contributed by atoms with van der Waals surface area (Å²) in [5, 5.41) is 4.09. The molecule has 1 atom stereocenters. The van der Waals surface area contributed by atoms with Crippen molar-refractivity contribution < 1.29 is 9.53 Å². The molecule has 1 aliphatic heterocycles. The monoisotopic (exact) mass is 358 g/mol. The zero-order chi connectivity index (χ0) is 16.8. The molecule has 1 aromatic carbocycles. The molecule has 6 heteroatoms. The first-order chi connectivity index (χ1) is 11.0. The van der Waals surface area contributed by atoms with Crippen LogP contribution < -0.4 is 10.1 Å². The highest BCUT2D eigenvalue weighted by molar-refractivity contribution is 6.34. The molecule has 2 rings (SSSR count). The van der Waals surface area contributed by atoms with Gasteiger partial charge in [-0.15, -0.1) is 0 Å². The third kappa shape index (κ3) is 5.27. The van der Waals surface area contributed by atoms with Gasteiger partial charge in [0.2, 0.25) is 0 Å². The molecule has 4 nitrogen and oxygen atoms in total. The van der Waals surface area contributed by atoms with Crippen LogP contribution >= 0.6 is 23.2 Å². The highest BCUT2D eigenvalue weighted by Crippen LogP contribution is 2.29. The predicted molar refractivity (Wildman–Crippen MR) is 94.4 cm³/mol. The number of nitrogens with zero attached hydrogens (tertiary/aromatic N) is 1. The minimum Gasteiger partial charge on any atom is -0.479 e. The van der Waals surface area contributed by atoms with Gasteiger partial charge in [-0.25, -0.2) is 0 Å². The van der Waals surface area contributed by atoms with Gasteiger partial charge in [0.1, 0.15) is 5.75 Å². The van der Waals surface area contributed by atoms with E-state index in [0.29, 0.717) is 22.2 Å². The van der Waals surface area contributed by atoms with Gasteiger partial charge in [0.05, 0.1) is 5.02 Å². The summed E-state index contributed by atoms with van der Waals surface area (Å²) in [4.78, 5) is 14.9. The van der Waals surface area contributed by atoms with Crippen molar-refractivity contribution in [1.29, 1.82) is 0 Å². The number of amides is 1. The first-order valence-electron chi connectivity index (χ1n) is 8.17. The number of ether oxygens (including phenoxy) is 1. The predicted octanol–water partition coefficient (Wildman–Crippen LogP) is 3.75. The SMILES string of the molecule is CC[C@H](Oc1cc(Cl)ccc1Cl)C(=O)NC1CCN(CC)CC1. The molecule has 0 radical (unpaired) electrons. The Balaban J connectivity index is 1.92. The molecule has 1 fully saturated rings. The summed E-state index contributed by atoms with van der Waals surface area (Å²) >= 11 is 12.1. The van der Waals surface area contributed by atoms with Crippen molar-refractivity contribution in [1.82, 2.24) is 10.2 Å². The summed E-state index contributed by atoms with van der Waals surface area (Å²) in [6.07, 6.45) is 1.97. The van der Waals surface area contributed by atoms with Crippen molar-refractivity contribution in [2.75, 3.05) is 19.6 Å². The van der Waals surface area contributed by atoms with E-state index in [-0.39, 0.29) is 11.9 Å². The summed E-state index contributed by atoms with van der Waals surface area (Å²) in [5.74, 6) is 0.362. The van der Waals surface area contributed by atoms with Crippen molar-refractivity contribution in [3.05, 3.63) is 28.2 Å². The molecule has 0 bridgehead atoms. The number of carbonyl (C=O) groups is 1. The molecule has 128 valence electrons. The number of likely N-dealkylation sites (tertiary alicyclic amines) is 1. The summed E-state index contributed by atoms with van der Waals surface area (Å²) in [5.41, 5.74) is 0. The van der Waals surface area contributed by atoms with Gasteiger partial charge in [-0.1, -0.05) is 37.0 Å². The van der Waals surface area contributed by atoms with Crippen LogP contribution in [0.2, 0.25) is 10.0 Å². The van der Waals surface area contributed by atoms with Gasteiger partial charge < -0.3 is 15.0 Å². The highest BCUT2D eigenvalue weighted by Gasteiger charge is 2.25. The maximum absolute atomic E-state index is 12.5. The Morgan fingerprint density at radius 2 is 2.04 bits per heavy atom. The zero-order valence-electron chi connectivity index (χ0n) is 13.6. The van der Waals surface area contributed by atoms with Crippen molar-refractivity contribution in [3.8, 4) is 5.75 Å². The lowest BCUT2D eigenvalue weighted by molar-refractivity contribution is -0.129. The molecule has 23 heavy (non-hydrogen) atoms. The second kappa shape index (κ2) is 8.76. The number of halogens is 2. The number of hydrogen-bond acceptors (Lipinski definition) is 3. The molecule has 1 heterocycles. The summed E-state index contributed by atoms with van der Waals surface area (Å²) in [6.45, 7) is 7.20. The Hall–Kier alpha value is -0.970. The molecule has 1 saturated heterocycles. The van der Waals surface area contributed by atoms with Crippen LogP contribution in [0.25, 0.3) is 0 Å². The quantitative estimate of drug-likeness (QED) is 0.841. The first-order valence-corrected chi connectivity index (χ1v) is 8.93. The molecule has 1 aliphatic rings. The van der Waals surface area contributed by atoms with Crippen LogP contribution in [0.5, 0.6) is 5.75 Å². The lowest BCUT2D eigenvalue weighted by Crippen LogP contribution is -2.48. The van der Waals surface area contributed by atoms with Crippen molar-refractivity contribution in [3.63, 3.8) is 0 Å². The number of benzene rings is 1. The Labute approximate surface area is 148 Å². The normalized spacial score (nSPS) is 17.7. The minimum atomic E-state index is -0.560. The lowest BCUT2D eigenvalue weighted by atomic mass is 10.0. The number of hydrogen-bond donors (Lipinski definition) is 1. The molecule has 1 N–H and O–H groups in total. The van der Waals surface area contributed by atoms with E-state index in [2.05, 4.69) is 17.1 Å². The lowest BCUT2D eigenvalue weighted by Gasteiger charge is -2.32. The molecule has 1 aromatic rings. The van der Waals surface area contributed by atoms with E-state index in [4.69, 9.17) is 27.9 Å². The molecule has 0 aromatic heterocycles. The molecular weight excluding hydrogens is 335 g/mol. The fraction of sp³-hybridized carbons (Fsp3) is 0.588. The van der Waals surface area contributed by atoms with Gasteiger partial charge in [0.15, 0.2) is 6.10 Å². The molecule has 0 aliphatic carbocycles. The molecular formula is C17H24Cl2N2O2. The summed E-state index contributed by atoms with van der Waals surface area (Å²) < 4.78 is 5.78. The third-order valence-corrected chi connectivity index (χ3v) is 4.75. The number of piperidine rings is 1. The zero-order valence-corrected chi connectivity index (χ0v) is 15.2. The molecule has 0 saturated carbocycles. The van der Waals surface area contributed by atoms with Crippen LogP contribution in [0, 0.1) is 0 Å². The van der Waals surface area contributed by atoms with E-state index >= 15 is 0 Å². The van der Waals surface area contributed by atoms with Gasteiger partial charge in [-0.3, -0.25) is 4.79 Å². The van der Waals surface area contributed by atoms with Crippen molar-refractivity contribution in [2.24, 2.45) is 0 Å². The van der Waals surface area contributed by atoms with Crippen molar-refractivity contribution >= 4 is 29.1 Å².